The maximum atomic E-state index is 12.0. The maximum absolute atomic E-state index is 12.0. The molecule has 5 nitrogen and oxygen atoms in total. The second-order valence-corrected chi connectivity index (χ2v) is 4.93. The highest BCUT2D eigenvalue weighted by atomic mass is 35.5. The topological polar surface area (TPSA) is 70.7 Å². The number of benzene rings is 1. The van der Waals surface area contributed by atoms with Crippen LogP contribution in [0.2, 0.25) is 10.0 Å². The molecule has 0 aliphatic heterocycles. The highest BCUT2D eigenvalue weighted by Gasteiger charge is 2.12. The van der Waals surface area contributed by atoms with Gasteiger partial charge in [0.05, 0.1) is 22.7 Å². The number of rotatable bonds is 3. The zero-order valence-corrected chi connectivity index (χ0v) is 12.0. The van der Waals surface area contributed by atoms with Gasteiger partial charge in [-0.1, -0.05) is 29.3 Å². The molecule has 1 N–H and O–H groups in total. The smallest absolute Gasteiger partial charge is 0.229 e. The zero-order chi connectivity index (χ0) is 14.7. The molecule has 0 spiro atoms. The molecule has 0 unspecified atom stereocenters. The van der Waals surface area contributed by atoms with Crippen LogP contribution in [0.3, 0.4) is 0 Å². The molecule has 1 aromatic carbocycles. The first-order valence-corrected chi connectivity index (χ1v) is 6.42. The molecule has 2 rings (SSSR count). The van der Waals surface area contributed by atoms with Crippen molar-refractivity contribution in [3.8, 4) is 6.07 Å². The number of halogens is 2. The summed E-state index contributed by atoms with van der Waals surface area (Å²) in [6.07, 6.45) is 1.53. The van der Waals surface area contributed by atoms with Gasteiger partial charge < -0.3 is 5.32 Å². The number of nitrogens with one attached hydrogen (secondary N) is 1. The van der Waals surface area contributed by atoms with E-state index >= 15 is 0 Å². The van der Waals surface area contributed by atoms with Gasteiger partial charge in [0, 0.05) is 7.05 Å². The van der Waals surface area contributed by atoms with Crippen LogP contribution in [0, 0.1) is 11.3 Å². The number of anilines is 1. The minimum Gasteiger partial charge on any atom is -0.310 e. The van der Waals surface area contributed by atoms with Gasteiger partial charge in [0.25, 0.3) is 0 Å². The molecule has 0 atom stereocenters. The minimum atomic E-state index is -0.261. The lowest BCUT2D eigenvalue weighted by Crippen LogP contribution is -2.17. The molecular formula is C13H10Cl2N4O. The van der Waals surface area contributed by atoms with Gasteiger partial charge >= 0.3 is 0 Å². The first-order chi connectivity index (χ1) is 9.51. The molecule has 0 bridgehead atoms. The first-order valence-electron chi connectivity index (χ1n) is 5.67. The molecular weight excluding hydrogens is 299 g/mol. The lowest BCUT2D eigenvalue weighted by molar-refractivity contribution is -0.115. The average molecular weight is 309 g/mol. The molecule has 7 heteroatoms. The van der Waals surface area contributed by atoms with E-state index in [4.69, 9.17) is 28.5 Å². The molecule has 0 saturated heterocycles. The fourth-order valence-electron chi connectivity index (χ4n) is 1.68. The summed E-state index contributed by atoms with van der Waals surface area (Å²) in [6, 6.07) is 6.96. The molecule has 20 heavy (non-hydrogen) atoms. The highest BCUT2D eigenvalue weighted by molar-refractivity contribution is 6.42. The van der Waals surface area contributed by atoms with Gasteiger partial charge in [0.15, 0.2) is 0 Å². The Balaban J connectivity index is 2.11. The number of amides is 1. The van der Waals surface area contributed by atoms with E-state index in [0.717, 1.165) is 5.56 Å². The van der Waals surface area contributed by atoms with Crippen molar-refractivity contribution >= 4 is 34.9 Å². The standard InChI is InChI=1S/C13H10Cl2N4O/c1-19-13(9(6-16)7-17-19)18-12(20)5-8-2-3-10(14)11(15)4-8/h2-4,7H,5H2,1H3,(H,18,20). The Hall–Kier alpha value is -2.03. The van der Waals surface area contributed by atoms with Crippen molar-refractivity contribution in [2.24, 2.45) is 7.05 Å². The van der Waals surface area contributed by atoms with Crippen LogP contribution in [0.15, 0.2) is 24.4 Å². The van der Waals surface area contributed by atoms with Gasteiger partial charge in [-0.3, -0.25) is 9.48 Å². The average Bonchev–Trinajstić information content (AvgIpc) is 2.75. The van der Waals surface area contributed by atoms with Crippen molar-refractivity contribution in [2.45, 2.75) is 6.42 Å². The number of nitrogens with zero attached hydrogens (tertiary/aromatic N) is 3. The van der Waals surface area contributed by atoms with Crippen molar-refractivity contribution in [3.05, 3.63) is 45.6 Å². The van der Waals surface area contributed by atoms with Crippen LogP contribution < -0.4 is 5.32 Å². The van der Waals surface area contributed by atoms with Crippen molar-refractivity contribution in [3.63, 3.8) is 0 Å². The van der Waals surface area contributed by atoms with Crippen molar-refractivity contribution in [1.29, 1.82) is 5.26 Å². The Kier molecular flexibility index (Phi) is 4.28. The summed E-state index contributed by atoms with van der Waals surface area (Å²) < 4.78 is 1.44. The van der Waals surface area contributed by atoms with Crippen LogP contribution >= 0.6 is 23.2 Å². The quantitative estimate of drug-likeness (QED) is 0.947. The van der Waals surface area contributed by atoms with Crippen LogP contribution in [0.4, 0.5) is 5.82 Å². The van der Waals surface area contributed by atoms with Gasteiger partial charge in [-0.2, -0.15) is 10.4 Å². The number of carbonyl (C=O) groups excluding carboxylic acids is 1. The van der Waals surface area contributed by atoms with E-state index in [1.54, 1.807) is 25.2 Å². The number of hydrogen-bond acceptors (Lipinski definition) is 3. The fourth-order valence-corrected chi connectivity index (χ4v) is 2.00. The Labute approximate surface area is 125 Å². The summed E-state index contributed by atoms with van der Waals surface area (Å²) >= 11 is 11.7. The van der Waals surface area contributed by atoms with Crippen molar-refractivity contribution < 1.29 is 4.79 Å². The summed E-state index contributed by atoms with van der Waals surface area (Å²) in [5, 5.41) is 16.3. The van der Waals surface area contributed by atoms with Gasteiger partial charge in [-0.15, -0.1) is 0 Å². The predicted molar refractivity (Wildman–Crippen MR) is 76.7 cm³/mol. The van der Waals surface area contributed by atoms with E-state index in [0.29, 0.717) is 21.4 Å². The predicted octanol–water partition coefficient (Wildman–Crippen LogP) is 2.78. The molecule has 102 valence electrons. The summed E-state index contributed by atoms with van der Waals surface area (Å²) in [7, 11) is 1.65. The number of nitriles is 1. The minimum absolute atomic E-state index is 0.132. The molecule has 0 radical (unpaired) electrons. The van der Waals surface area contributed by atoms with Crippen LogP contribution in [-0.4, -0.2) is 15.7 Å². The summed E-state index contributed by atoms with van der Waals surface area (Å²) in [5.74, 6) is 0.112. The lowest BCUT2D eigenvalue weighted by atomic mass is 10.1. The molecule has 2 aromatic rings. The van der Waals surface area contributed by atoms with Crippen molar-refractivity contribution in [2.75, 3.05) is 5.32 Å². The van der Waals surface area contributed by atoms with E-state index in [2.05, 4.69) is 10.4 Å². The molecule has 0 fully saturated rings. The van der Waals surface area contributed by atoms with Crippen molar-refractivity contribution in [1.82, 2.24) is 9.78 Å². The Morgan fingerprint density at radius 3 is 2.85 bits per heavy atom. The fraction of sp³-hybridized carbons (Fsp3) is 0.154. The molecule has 1 aromatic heterocycles. The summed E-state index contributed by atoms with van der Waals surface area (Å²) in [5.41, 5.74) is 1.05. The third kappa shape index (κ3) is 3.10. The molecule has 0 aliphatic rings. The number of carbonyl (C=O) groups is 1. The van der Waals surface area contributed by atoms with Gasteiger partial charge in [0.1, 0.15) is 17.5 Å². The van der Waals surface area contributed by atoms with E-state index in [1.807, 2.05) is 6.07 Å². The monoisotopic (exact) mass is 308 g/mol. The molecule has 1 amide bonds. The molecule has 0 saturated carbocycles. The largest absolute Gasteiger partial charge is 0.310 e. The van der Waals surface area contributed by atoms with E-state index in [1.165, 1.54) is 10.9 Å². The second-order valence-electron chi connectivity index (χ2n) is 4.12. The van der Waals surface area contributed by atoms with E-state index < -0.39 is 0 Å². The van der Waals surface area contributed by atoms with E-state index in [9.17, 15) is 4.79 Å². The van der Waals surface area contributed by atoms with Gasteiger partial charge in [-0.25, -0.2) is 0 Å². The summed E-state index contributed by atoms with van der Waals surface area (Å²) in [6.45, 7) is 0. The summed E-state index contributed by atoms with van der Waals surface area (Å²) in [4.78, 5) is 12.0. The van der Waals surface area contributed by atoms with Crippen LogP contribution in [0.1, 0.15) is 11.1 Å². The number of aryl methyl sites for hydroxylation is 1. The SMILES string of the molecule is Cn1ncc(C#N)c1NC(=O)Cc1ccc(Cl)c(Cl)c1. The van der Waals surface area contributed by atoms with E-state index in [-0.39, 0.29) is 12.3 Å². The highest BCUT2D eigenvalue weighted by Crippen LogP contribution is 2.23. The zero-order valence-electron chi connectivity index (χ0n) is 10.5. The second kappa shape index (κ2) is 5.95. The number of hydrogen-bond donors (Lipinski definition) is 1. The molecule has 0 aliphatic carbocycles. The normalized spacial score (nSPS) is 10.1. The lowest BCUT2D eigenvalue weighted by Gasteiger charge is -2.06. The third-order valence-electron chi connectivity index (χ3n) is 2.67. The Bertz CT molecular complexity index is 703. The Morgan fingerprint density at radius 1 is 1.45 bits per heavy atom. The van der Waals surface area contributed by atoms with Gasteiger partial charge in [0.2, 0.25) is 5.91 Å². The molecule has 1 heterocycles. The first kappa shape index (κ1) is 14.4. The van der Waals surface area contributed by atoms with Crippen LogP contribution in [0.5, 0.6) is 0 Å². The Morgan fingerprint density at radius 2 is 2.20 bits per heavy atom. The van der Waals surface area contributed by atoms with Crippen LogP contribution in [0.25, 0.3) is 0 Å². The van der Waals surface area contributed by atoms with Crippen LogP contribution in [-0.2, 0) is 18.3 Å². The maximum Gasteiger partial charge on any atom is 0.229 e. The number of aromatic nitrogens is 2. The third-order valence-corrected chi connectivity index (χ3v) is 3.40. The van der Waals surface area contributed by atoms with Gasteiger partial charge in [-0.05, 0) is 17.7 Å².